The molecule has 0 spiro atoms. The summed E-state index contributed by atoms with van der Waals surface area (Å²) in [4.78, 5) is 24.0. The van der Waals surface area contributed by atoms with E-state index in [2.05, 4.69) is 5.32 Å². The van der Waals surface area contributed by atoms with Gasteiger partial charge in [-0.1, -0.05) is 36.4 Å². The van der Waals surface area contributed by atoms with Crippen LogP contribution in [-0.2, 0) is 21.6 Å². The molecule has 150 valence electrons. The summed E-state index contributed by atoms with van der Waals surface area (Å²) in [5.41, 5.74) is 1.53. The summed E-state index contributed by atoms with van der Waals surface area (Å²) in [6.45, 7) is 0.332. The van der Waals surface area contributed by atoms with Crippen molar-refractivity contribution in [3.8, 4) is 11.5 Å². The van der Waals surface area contributed by atoms with Crippen molar-refractivity contribution in [3.63, 3.8) is 0 Å². The maximum Gasteiger partial charge on any atom is 0.408 e. The Morgan fingerprint density at radius 1 is 1.07 bits per heavy atom. The van der Waals surface area contributed by atoms with Crippen LogP contribution < -0.4 is 14.8 Å². The Morgan fingerprint density at radius 3 is 2.52 bits per heavy atom. The number of carboxylic acid groups (broad SMARTS) is 1. The Morgan fingerprint density at radius 2 is 1.79 bits per heavy atom. The summed E-state index contributed by atoms with van der Waals surface area (Å²) in [5, 5.41) is 12.3. The average molecular weight is 395 g/mol. The minimum atomic E-state index is -1.03. The second-order valence-corrected chi connectivity index (χ2v) is 8.22. The van der Waals surface area contributed by atoms with E-state index in [1.54, 1.807) is 0 Å². The zero-order valence-electron chi connectivity index (χ0n) is 15.7. The maximum absolute atomic E-state index is 12.2. The third-order valence-electron chi connectivity index (χ3n) is 6.39. The van der Waals surface area contributed by atoms with Crippen LogP contribution in [0.4, 0.5) is 4.79 Å². The molecule has 2 N–H and O–H groups in total. The molecule has 2 bridgehead atoms. The third kappa shape index (κ3) is 2.88. The molecule has 1 heterocycles. The van der Waals surface area contributed by atoms with Gasteiger partial charge in [-0.05, 0) is 47.9 Å². The number of hydrogen-bond donors (Lipinski definition) is 2. The molecule has 4 aliphatic rings. The fraction of sp³-hybridized carbons (Fsp3) is 0.364. The number of alkyl carbamates (subject to hydrolysis) is 1. The predicted octanol–water partition coefficient (Wildman–Crippen LogP) is 3.22. The lowest BCUT2D eigenvalue weighted by molar-refractivity contribution is -0.183. The highest BCUT2D eigenvalue weighted by Gasteiger charge is 2.72. The highest BCUT2D eigenvalue weighted by atomic mass is 16.7. The molecule has 7 nitrogen and oxygen atoms in total. The standard InChI is InChI=1S/C22H21NO6/c24-19(25)18(23-20(26)27-9-14-4-2-1-3-5-14)22-10-21(11-22,12-22)15-6-7-16-17(8-15)29-13-28-16/h1-8,18H,9-13H2,(H,23,26)(H,24,25). The van der Waals surface area contributed by atoms with Crippen molar-refractivity contribution in [3.05, 3.63) is 59.7 Å². The monoisotopic (exact) mass is 395 g/mol. The molecule has 0 aromatic heterocycles. The summed E-state index contributed by atoms with van der Waals surface area (Å²) in [6, 6.07) is 14.2. The van der Waals surface area contributed by atoms with E-state index in [-0.39, 0.29) is 18.8 Å². The molecule has 1 unspecified atom stereocenters. The molecule has 1 aliphatic heterocycles. The van der Waals surface area contributed by atoms with Gasteiger partial charge >= 0.3 is 12.1 Å². The first-order valence-electron chi connectivity index (χ1n) is 9.60. The lowest BCUT2D eigenvalue weighted by atomic mass is 9.31. The van der Waals surface area contributed by atoms with E-state index in [1.165, 1.54) is 0 Å². The summed E-state index contributed by atoms with van der Waals surface area (Å²) < 4.78 is 16.0. The van der Waals surface area contributed by atoms with Crippen molar-refractivity contribution in [2.45, 2.75) is 37.3 Å². The van der Waals surface area contributed by atoms with E-state index < -0.39 is 23.5 Å². The number of nitrogens with one attached hydrogen (secondary N) is 1. The van der Waals surface area contributed by atoms with E-state index in [0.29, 0.717) is 0 Å². The molecule has 2 aromatic carbocycles. The first-order chi connectivity index (χ1) is 14.0. The fourth-order valence-corrected chi connectivity index (χ4v) is 5.06. The van der Waals surface area contributed by atoms with E-state index in [1.807, 2.05) is 48.5 Å². The van der Waals surface area contributed by atoms with Gasteiger partial charge in [0.2, 0.25) is 6.79 Å². The van der Waals surface area contributed by atoms with E-state index in [0.717, 1.165) is 41.9 Å². The van der Waals surface area contributed by atoms with Crippen molar-refractivity contribution in [1.29, 1.82) is 0 Å². The Kier molecular flexibility index (Phi) is 3.94. The molecule has 6 rings (SSSR count). The highest BCUT2D eigenvalue weighted by Crippen LogP contribution is 2.75. The number of aliphatic carboxylic acids is 1. The van der Waals surface area contributed by atoms with Crippen molar-refractivity contribution >= 4 is 12.1 Å². The summed E-state index contributed by atoms with van der Waals surface area (Å²) in [6.07, 6.45) is 1.45. The molecule has 3 saturated carbocycles. The van der Waals surface area contributed by atoms with E-state index >= 15 is 0 Å². The van der Waals surface area contributed by atoms with Crippen molar-refractivity contribution < 1.29 is 28.9 Å². The van der Waals surface area contributed by atoms with E-state index in [9.17, 15) is 14.7 Å². The first-order valence-corrected chi connectivity index (χ1v) is 9.60. The van der Waals surface area contributed by atoms with Gasteiger partial charge in [0.05, 0.1) is 0 Å². The molecule has 3 fully saturated rings. The minimum Gasteiger partial charge on any atom is -0.480 e. The second kappa shape index (κ2) is 6.40. The van der Waals surface area contributed by atoms with Crippen molar-refractivity contribution in [2.75, 3.05) is 6.79 Å². The fourth-order valence-electron chi connectivity index (χ4n) is 5.06. The van der Waals surface area contributed by atoms with Gasteiger partial charge < -0.3 is 24.6 Å². The molecule has 29 heavy (non-hydrogen) atoms. The Hall–Kier alpha value is -3.22. The smallest absolute Gasteiger partial charge is 0.408 e. The number of amides is 1. The summed E-state index contributed by atoms with van der Waals surface area (Å²) in [5.74, 6) is 0.445. The van der Waals surface area contributed by atoms with Gasteiger partial charge in [-0.25, -0.2) is 9.59 Å². The highest BCUT2D eigenvalue weighted by molar-refractivity contribution is 5.82. The molecule has 3 aliphatic carbocycles. The van der Waals surface area contributed by atoms with Crippen LogP contribution in [0.5, 0.6) is 11.5 Å². The largest absolute Gasteiger partial charge is 0.480 e. The normalized spacial score (nSPS) is 26.6. The Balaban J connectivity index is 1.22. The minimum absolute atomic E-state index is 0.0374. The van der Waals surface area contributed by atoms with Crippen LogP contribution in [0.3, 0.4) is 0 Å². The Bertz CT molecular complexity index is 953. The summed E-state index contributed by atoms with van der Waals surface area (Å²) >= 11 is 0. The molecule has 1 atom stereocenters. The topological polar surface area (TPSA) is 94.1 Å². The molecule has 1 amide bonds. The predicted molar refractivity (Wildman–Crippen MR) is 102 cm³/mol. The van der Waals surface area contributed by atoms with Gasteiger partial charge in [-0.2, -0.15) is 0 Å². The lowest BCUT2D eigenvalue weighted by Crippen LogP contribution is -2.73. The van der Waals surface area contributed by atoms with Crippen LogP contribution in [0.15, 0.2) is 48.5 Å². The van der Waals surface area contributed by atoms with Crippen LogP contribution in [0.2, 0.25) is 0 Å². The van der Waals surface area contributed by atoms with Crippen molar-refractivity contribution in [1.82, 2.24) is 5.32 Å². The zero-order chi connectivity index (χ0) is 20.1. The SMILES string of the molecule is O=C(NC(C(=O)O)C12CC(c3ccc4c(c3)OCO4)(C1)C2)OCc1ccccc1. The van der Waals surface area contributed by atoms with Crippen LogP contribution in [-0.4, -0.2) is 30.0 Å². The quantitative estimate of drug-likeness (QED) is 0.780. The number of ether oxygens (including phenoxy) is 3. The van der Waals surface area contributed by atoms with Crippen LogP contribution in [0.1, 0.15) is 30.4 Å². The van der Waals surface area contributed by atoms with Gasteiger partial charge in [0.25, 0.3) is 0 Å². The van der Waals surface area contributed by atoms with Gasteiger partial charge in [-0.3, -0.25) is 0 Å². The molecule has 0 saturated heterocycles. The van der Waals surface area contributed by atoms with Gasteiger partial charge in [-0.15, -0.1) is 0 Å². The first kappa shape index (κ1) is 17.8. The number of carbonyl (C=O) groups is 2. The number of hydrogen-bond acceptors (Lipinski definition) is 5. The Labute approximate surface area is 167 Å². The van der Waals surface area contributed by atoms with Crippen LogP contribution >= 0.6 is 0 Å². The van der Waals surface area contributed by atoms with Gasteiger partial charge in [0.15, 0.2) is 11.5 Å². The van der Waals surface area contributed by atoms with Crippen LogP contribution in [0.25, 0.3) is 0 Å². The number of carboxylic acids is 1. The number of rotatable bonds is 6. The summed E-state index contributed by atoms with van der Waals surface area (Å²) in [7, 11) is 0. The second-order valence-electron chi connectivity index (χ2n) is 8.22. The van der Waals surface area contributed by atoms with Gasteiger partial charge in [0.1, 0.15) is 12.6 Å². The average Bonchev–Trinajstić information content (AvgIpc) is 3.12. The molecule has 7 heteroatoms. The maximum atomic E-state index is 12.2. The van der Waals surface area contributed by atoms with Gasteiger partial charge in [0, 0.05) is 5.41 Å². The zero-order valence-corrected chi connectivity index (χ0v) is 15.7. The molecule has 0 radical (unpaired) electrons. The van der Waals surface area contributed by atoms with E-state index in [4.69, 9.17) is 14.2 Å². The molecular formula is C22H21NO6. The lowest BCUT2D eigenvalue weighted by Gasteiger charge is -2.72. The third-order valence-corrected chi connectivity index (χ3v) is 6.39. The van der Waals surface area contributed by atoms with Crippen molar-refractivity contribution in [2.24, 2.45) is 5.41 Å². The number of benzene rings is 2. The molecule has 2 aromatic rings. The number of carbonyl (C=O) groups excluding carboxylic acids is 1. The molecular weight excluding hydrogens is 374 g/mol. The van der Waals surface area contributed by atoms with Crippen LogP contribution in [0, 0.1) is 5.41 Å². The number of fused-ring (bicyclic) bond motifs is 1.